The minimum Gasteiger partial charge on any atom is -0.221 e. The monoisotopic (exact) mass is 208 g/mol. The Morgan fingerprint density at radius 1 is 1.22 bits per heavy atom. The summed E-state index contributed by atoms with van der Waals surface area (Å²) in [5.74, 6) is 0. The van der Waals surface area contributed by atoms with Crippen molar-refractivity contribution in [3.05, 3.63) is 0 Å². The molecule has 0 aromatic rings. The fourth-order valence-corrected chi connectivity index (χ4v) is 0.200. The van der Waals surface area contributed by atoms with Crippen molar-refractivity contribution in [3.63, 3.8) is 0 Å². The smallest absolute Gasteiger partial charge is 0.221 e. The lowest BCUT2D eigenvalue weighted by atomic mass is 10.3. The van der Waals surface area contributed by atoms with Crippen LogP contribution < -0.4 is 0 Å². The second-order valence-electron chi connectivity index (χ2n) is 1.56. The molecule has 0 aromatic carbocycles. The highest BCUT2D eigenvalue weighted by atomic mass is 79.9. The Labute approximate surface area is 58.4 Å². The van der Waals surface area contributed by atoms with Crippen LogP contribution in [0.3, 0.4) is 0 Å². The zero-order chi connectivity index (χ0) is 7.71. The lowest BCUT2D eigenvalue weighted by Gasteiger charge is -2.18. The van der Waals surface area contributed by atoms with E-state index in [1.54, 1.807) is 0 Å². The fraction of sp³-hybridized carbons (Fsp3) is 1.00. The first-order valence-corrected chi connectivity index (χ1v) is 3.05. The molecule has 0 aliphatic carbocycles. The number of hydrogen-bond acceptors (Lipinski definition) is 0. The predicted octanol–water partition coefficient (Wildman–Crippen LogP) is 3.02. The maximum atomic E-state index is 12.1. The van der Waals surface area contributed by atoms with Crippen LogP contribution in [-0.2, 0) is 0 Å². The van der Waals surface area contributed by atoms with Crippen molar-refractivity contribution in [2.75, 3.05) is 0 Å². The van der Waals surface area contributed by atoms with Gasteiger partial charge in [0.15, 0.2) is 0 Å². The third kappa shape index (κ3) is 2.12. The molecule has 1 atom stereocenters. The maximum absolute atomic E-state index is 12.1. The van der Waals surface area contributed by atoms with E-state index in [0.717, 1.165) is 6.92 Å². The second kappa shape index (κ2) is 2.44. The minimum absolute atomic E-state index is 0.615. The summed E-state index contributed by atoms with van der Waals surface area (Å²) < 4.78 is 43.1. The largest absolute Gasteiger partial charge is 0.432 e. The van der Waals surface area contributed by atoms with Crippen LogP contribution >= 0.6 is 15.9 Å². The summed E-state index contributed by atoms with van der Waals surface area (Å²) in [6.07, 6.45) is -5.42. The Morgan fingerprint density at radius 3 is 1.56 bits per heavy atom. The molecule has 0 rings (SSSR count). The number of rotatable bonds is 1. The lowest BCUT2D eigenvalue weighted by Crippen LogP contribution is -2.33. The van der Waals surface area contributed by atoms with Crippen LogP contribution in [0.25, 0.3) is 0 Å². The highest BCUT2D eigenvalue weighted by Gasteiger charge is 2.52. The second-order valence-corrected chi connectivity index (χ2v) is 2.81. The number of hydrogen-bond donors (Lipinski definition) is 0. The standard InChI is InChI=1S/C4H5BrF4/c1-2-3(5,6)4(7,8)9/h2H2,1H3. The molecule has 0 aliphatic rings. The van der Waals surface area contributed by atoms with Gasteiger partial charge in [0.25, 0.3) is 4.58 Å². The van der Waals surface area contributed by atoms with E-state index in [1.807, 2.05) is 15.9 Å². The molecule has 0 fully saturated rings. The van der Waals surface area contributed by atoms with Gasteiger partial charge >= 0.3 is 6.18 Å². The van der Waals surface area contributed by atoms with Gasteiger partial charge < -0.3 is 0 Å². The molecule has 1 unspecified atom stereocenters. The lowest BCUT2D eigenvalue weighted by molar-refractivity contribution is -0.192. The van der Waals surface area contributed by atoms with Crippen LogP contribution in [0, 0.1) is 0 Å². The van der Waals surface area contributed by atoms with Gasteiger partial charge in [0, 0.05) is 0 Å². The maximum Gasteiger partial charge on any atom is 0.432 e. The van der Waals surface area contributed by atoms with Crippen molar-refractivity contribution < 1.29 is 17.6 Å². The van der Waals surface area contributed by atoms with Crippen molar-refractivity contribution >= 4 is 15.9 Å². The van der Waals surface area contributed by atoms with Gasteiger partial charge in [0.05, 0.1) is 0 Å². The highest BCUT2D eigenvalue weighted by molar-refractivity contribution is 9.10. The average molecular weight is 209 g/mol. The van der Waals surface area contributed by atoms with Gasteiger partial charge in [0.2, 0.25) is 0 Å². The van der Waals surface area contributed by atoms with Crippen molar-refractivity contribution in [2.45, 2.75) is 24.1 Å². The summed E-state index contributed by atoms with van der Waals surface area (Å²) >= 11 is 1.91. The first kappa shape index (κ1) is 9.20. The van der Waals surface area contributed by atoms with Gasteiger partial charge in [-0.15, -0.1) is 0 Å². The Bertz CT molecular complexity index is 95.2. The van der Waals surface area contributed by atoms with Crippen molar-refractivity contribution in [2.24, 2.45) is 0 Å². The first-order valence-electron chi connectivity index (χ1n) is 2.26. The van der Waals surface area contributed by atoms with Crippen LogP contribution in [0.1, 0.15) is 13.3 Å². The molecule has 0 heterocycles. The molecule has 9 heavy (non-hydrogen) atoms. The van der Waals surface area contributed by atoms with Gasteiger partial charge in [-0.2, -0.15) is 13.2 Å². The predicted molar refractivity (Wildman–Crippen MR) is 29.1 cm³/mol. The van der Waals surface area contributed by atoms with E-state index in [1.165, 1.54) is 0 Å². The van der Waals surface area contributed by atoms with Gasteiger partial charge in [0.1, 0.15) is 0 Å². The molecule has 0 amide bonds. The molecule has 0 aliphatic heterocycles. The van der Waals surface area contributed by atoms with Crippen LogP contribution in [0.4, 0.5) is 17.6 Å². The van der Waals surface area contributed by atoms with Crippen molar-refractivity contribution in [1.29, 1.82) is 0 Å². The number of alkyl halides is 5. The summed E-state index contributed by atoms with van der Waals surface area (Å²) in [5.41, 5.74) is 0. The molecular weight excluding hydrogens is 204 g/mol. The Morgan fingerprint density at radius 2 is 1.56 bits per heavy atom. The van der Waals surface area contributed by atoms with Crippen LogP contribution in [0.5, 0.6) is 0 Å². The Kier molecular flexibility index (Phi) is 2.49. The molecule has 0 spiro atoms. The van der Waals surface area contributed by atoms with E-state index < -0.39 is 17.2 Å². The molecule has 0 N–H and O–H groups in total. The van der Waals surface area contributed by atoms with Crippen molar-refractivity contribution in [3.8, 4) is 0 Å². The van der Waals surface area contributed by atoms with E-state index in [0.29, 0.717) is 0 Å². The molecule has 0 bridgehead atoms. The van der Waals surface area contributed by atoms with Crippen LogP contribution in [-0.4, -0.2) is 10.8 Å². The van der Waals surface area contributed by atoms with Gasteiger partial charge in [-0.25, -0.2) is 4.39 Å². The first-order chi connectivity index (χ1) is 3.81. The quantitative estimate of drug-likeness (QED) is 0.459. The van der Waals surface area contributed by atoms with Gasteiger partial charge in [-0.3, -0.25) is 0 Å². The van der Waals surface area contributed by atoms with Gasteiger partial charge in [-0.05, 0) is 22.4 Å². The topological polar surface area (TPSA) is 0 Å². The molecule has 0 saturated heterocycles. The average Bonchev–Trinajstić information content (AvgIpc) is 1.64. The summed E-state index contributed by atoms with van der Waals surface area (Å²) in [5, 5.41) is 0. The molecular formula is C4H5BrF4. The number of halogens is 5. The van der Waals surface area contributed by atoms with Crippen LogP contribution in [0.2, 0.25) is 0 Å². The Hall–Kier alpha value is 0.200. The molecule has 0 nitrogen and oxygen atoms in total. The van der Waals surface area contributed by atoms with E-state index in [9.17, 15) is 17.6 Å². The zero-order valence-corrected chi connectivity index (χ0v) is 6.18. The van der Waals surface area contributed by atoms with Gasteiger partial charge in [-0.1, -0.05) is 6.92 Å². The summed E-state index contributed by atoms with van der Waals surface area (Å²) in [4.78, 5) is 0. The SMILES string of the molecule is CCC(F)(Br)C(F)(F)F. The minimum atomic E-state index is -4.80. The Balaban J connectivity index is 4.14. The molecule has 56 valence electrons. The molecule has 0 saturated carbocycles. The zero-order valence-electron chi connectivity index (χ0n) is 4.60. The van der Waals surface area contributed by atoms with Crippen LogP contribution in [0.15, 0.2) is 0 Å². The third-order valence-electron chi connectivity index (χ3n) is 0.859. The summed E-state index contributed by atoms with van der Waals surface area (Å²) in [6.45, 7) is 1.11. The van der Waals surface area contributed by atoms with E-state index >= 15 is 0 Å². The fourth-order valence-electron chi connectivity index (χ4n) is 0.200. The third-order valence-corrected chi connectivity index (χ3v) is 1.87. The molecule has 5 heteroatoms. The highest BCUT2D eigenvalue weighted by Crippen LogP contribution is 2.41. The van der Waals surface area contributed by atoms with E-state index in [4.69, 9.17) is 0 Å². The van der Waals surface area contributed by atoms with Crippen molar-refractivity contribution in [1.82, 2.24) is 0 Å². The molecule has 0 aromatic heterocycles. The normalized spacial score (nSPS) is 19.3. The van der Waals surface area contributed by atoms with E-state index in [-0.39, 0.29) is 0 Å². The van der Waals surface area contributed by atoms with E-state index in [2.05, 4.69) is 0 Å². The molecule has 0 radical (unpaired) electrons. The summed E-state index contributed by atoms with van der Waals surface area (Å²) in [6, 6.07) is 0. The summed E-state index contributed by atoms with van der Waals surface area (Å²) in [7, 11) is 0.